The molecule has 1 aliphatic carbocycles. The molecule has 2 N–H and O–H groups in total. The Kier molecular flexibility index (Phi) is 4.32. The van der Waals surface area contributed by atoms with E-state index in [2.05, 4.69) is 31.9 Å². The van der Waals surface area contributed by atoms with Gasteiger partial charge >= 0.3 is 0 Å². The van der Waals surface area contributed by atoms with Gasteiger partial charge in [-0.1, -0.05) is 35.9 Å². The van der Waals surface area contributed by atoms with Crippen molar-refractivity contribution in [2.24, 2.45) is 0 Å². The minimum atomic E-state index is -0.155. The van der Waals surface area contributed by atoms with Crippen molar-refractivity contribution >= 4 is 28.4 Å². The predicted molar refractivity (Wildman–Crippen MR) is 110 cm³/mol. The van der Waals surface area contributed by atoms with Crippen LogP contribution >= 0.6 is 11.6 Å². The molecular weight excluding hydrogens is 388 g/mol. The standard InChI is InChI=1S/C21H19ClN6O/c1-12-25-26-27-28(12)18-11-3-2-6-15(18)21(29)23-17-10-5-8-14-13-7-4-9-16(22)19(13)24-20(14)17/h2-4,6-7,9,11,17,24H,5,8,10H2,1H3,(H,23,29)/t17-/m0/s1. The van der Waals surface area contributed by atoms with Gasteiger partial charge in [0, 0.05) is 11.1 Å². The Morgan fingerprint density at radius 1 is 1.24 bits per heavy atom. The normalized spacial score (nSPS) is 16.0. The summed E-state index contributed by atoms with van der Waals surface area (Å²) in [5, 5.41) is 16.6. The van der Waals surface area contributed by atoms with E-state index in [1.54, 1.807) is 17.7 Å². The molecule has 0 bridgehead atoms. The maximum Gasteiger partial charge on any atom is 0.254 e. The number of nitrogens with zero attached hydrogens (tertiary/aromatic N) is 4. The number of carbonyl (C=O) groups is 1. The minimum absolute atomic E-state index is 0.0993. The van der Waals surface area contributed by atoms with Crippen LogP contribution < -0.4 is 5.32 Å². The Bertz CT molecular complexity index is 1230. The van der Waals surface area contributed by atoms with Gasteiger partial charge in [0.1, 0.15) is 0 Å². The molecule has 0 radical (unpaired) electrons. The zero-order valence-electron chi connectivity index (χ0n) is 15.8. The molecule has 0 unspecified atom stereocenters. The largest absolute Gasteiger partial charge is 0.355 e. The average Bonchev–Trinajstić information content (AvgIpc) is 3.33. The third kappa shape index (κ3) is 2.98. The van der Waals surface area contributed by atoms with Gasteiger partial charge in [-0.25, -0.2) is 0 Å². The summed E-state index contributed by atoms with van der Waals surface area (Å²) in [6, 6.07) is 13.2. The third-order valence-electron chi connectivity index (χ3n) is 5.50. The quantitative estimate of drug-likeness (QED) is 0.539. The first-order chi connectivity index (χ1) is 14.1. The van der Waals surface area contributed by atoms with E-state index in [1.165, 1.54) is 5.56 Å². The summed E-state index contributed by atoms with van der Waals surface area (Å²) < 4.78 is 1.57. The summed E-state index contributed by atoms with van der Waals surface area (Å²) in [5.41, 5.74) is 4.41. The number of aromatic amines is 1. The lowest BCUT2D eigenvalue weighted by molar-refractivity contribution is 0.0932. The summed E-state index contributed by atoms with van der Waals surface area (Å²) in [6.07, 6.45) is 2.85. The van der Waals surface area contributed by atoms with Gasteiger partial charge in [-0.15, -0.1) is 5.10 Å². The van der Waals surface area contributed by atoms with E-state index >= 15 is 0 Å². The van der Waals surface area contributed by atoms with Gasteiger partial charge in [0.05, 0.1) is 27.8 Å². The fraction of sp³-hybridized carbons (Fsp3) is 0.238. The van der Waals surface area contributed by atoms with Crippen LogP contribution in [0.4, 0.5) is 0 Å². The molecule has 29 heavy (non-hydrogen) atoms. The molecule has 1 amide bonds. The Morgan fingerprint density at radius 2 is 2.10 bits per heavy atom. The van der Waals surface area contributed by atoms with Crippen LogP contribution in [0, 0.1) is 6.92 Å². The van der Waals surface area contributed by atoms with Gasteiger partial charge in [0.2, 0.25) is 0 Å². The molecule has 1 atom stereocenters. The lowest BCUT2D eigenvalue weighted by Gasteiger charge is -2.24. The lowest BCUT2D eigenvalue weighted by atomic mass is 9.91. The summed E-state index contributed by atoms with van der Waals surface area (Å²) in [4.78, 5) is 16.7. The molecular formula is C21H19ClN6O. The van der Waals surface area contributed by atoms with E-state index in [0.717, 1.165) is 35.9 Å². The van der Waals surface area contributed by atoms with Crippen molar-refractivity contribution in [3.8, 4) is 5.69 Å². The summed E-state index contributed by atoms with van der Waals surface area (Å²) in [6.45, 7) is 1.80. The van der Waals surface area contributed by atoms with Gasteiger partial charge in [-0.05, 0) is 60.4 Å². The number of carbonyl (C=O) groups excluding carboxylic acids is 1. The number of nitrogens with one attached hydrogen (secondary N) is 2. The highest BCUT2D eigenvalue weighted by atomic mass is 35.5. The second-order valence-electron chi connectivity index (χ2n) is 7.25. The van der Waals surface area contributed by atoms with Gasteiger partial charge in [0.25, 0.3) is 5.91 Å². The Morgan fingerprint density at radius 3 is 2.93 bits per heavy atom. The Labute approximate surface area is 172 Å². The van der Waals surface area contributed by atoms with Crippen LogP contribution in [-0.2, 0) is 6.42 Å². The van der Waals surface area contributed by atoms with Gasteiger partial charge in [-0.3, -0.25) is 4.79 Å². The zero-order chi connectivity index (χ0) is 20.0. The second kappa shape index (κ2) is 7.00. The van der Waals surface area contributed by atoms with E-state index in [1.807, 2.05) is 30.3 Å². The fourth-order valence-corrected chi connectivity index (χ4v) is 4.36. The first-order valence-corrected chi connectivity index (χ1v) is 9.95. The number of benzene rings is 2. The molecule has 2 heterocycles. The summed E-state index contributed by atoms with van der Waals surface area (Å²) in [7, 11) is 0. The van der Waals surface area contributed by atoms with Crippen molar-refractivity contribution in [2.75, 3.05) is 0 Å². The number of amides is 1. The van der Waals surface area contributed by atoms with Crippen molar-refractivity contribution in [3.05, 3.63) is 70.1 Å². The number of hydrogen-bond donors (Lipinski definition) is 2. The van der Waals surface area contributed by atoms with Crippen LogP contribution in [0.25, 0.3) is 16.6 Å². The summed E-state index contributed by atoms with van der Waals surface area (Å²) in [5.74, 6) is 0.466. The molecule has 5 rings (SSSR count). The predicted octanol–water partition coefficient (Wildman–Crippen LogP) is 3.91. The third-order valence-corrected chi connectivity index (χ3v) is 5.81. The van der Waals surface area contributed by atoms with Crippen LogP contribution in [0.2, 0.25) is 5.02 Å². The van der Waals surface area contributed by atoms with E-state index < -0.39 is 0 Å². The molecule has 0 aliphatic heterocycles. The molecule has 4 aromatic rings. The maximum absolute atomic E-state index is 13.2. The van der Waals surface area contributed by atoms with Crippen molar-refractivity contribution in [1.82, 2.24) is 30.5 Å². The number of rotatable bonds is 3. The second-order valence-corrected chi connectivity index (χ2v) is 7.66. The number of tetrazole rings is 1. The fourth-order valence-electron chi connectivity index (χ4n) is 4.14. The Hall–Kier alpha value is -3.19. The maximum atomic E-state index is 13.2. The SMILES string of the molecule is Cc1nnnn1-c1ccccc1C(=O)N[C@H]1CCCc2c1[nH]c1c(Cl)cccc21. The average molecular weight is 407 g/mol. The number of fused-ring (bicyclic) bond motifs is 3. The molecule has 2 aromatic heterocycles. The monoisotopic (exact) mass is 406 g/mol. The number of H-pyrrole nitrogens is 1. The Balaban J connectivity index is 1.50. The topological polar surface area (TPSA) is 88.5 Å². The molecule has 2 aromatic carbocycles. The number of hydrogen-bond acceptors (Lipinski definition) is 4. The molecule has 7 nitrogen and oxygen atoms in total. The highest BCUT2D eigenvalue weighted by Crippen LogP contribution is 2.37. The van der Waals surface area contributed by atoms with Crippen molar-refractivity contribution in [1.29, 1.82) is 0 Å². The van der Waals surface area contributed by atoms with E-state index in [4.69, 9.17) is 11.6 Å². The van der Waals surface area contributed by atoms with Crippen molar-refractivity contribution in [2.45, 2.75) is 32.2 Å². The minimum Gasteiger partial charge on any atom is -0.355 e. The van der Waals surface area contributed by atoms with Crippen LogP contribution in [0.1, 0.15) is 46.3 Å². The smallest absolute Gasteiger partial charge is 0.254 e. The van der Waals surface area contributed by atoms with E-state index in [9.17, 15) is 4.79 Å². The van der Waals surface area contributed by atoms with Crippen molar-refractivity contribution < 1.29 is 4.79 Å². The highest BCUT2D eigenvalue weighted by Gasteiger charge is 2.27. The van der Waals surface area contributed by atoms with Crippen LogP contribution in [0.5, 0.6) is 0 Å². The van der Waals surface area contributed by atoms with Gasteiger partial charge in [0.15, 0.2) is 5.82 Å². The zero-order valence-corrected chi connectivity index (χ0v) is 16.6. The first-order valence-electron chi connectivity index (χ1n) is 9.57. The number of halogens is 1. The van der Waals surface area contributed by atoms with Gasteiger partial charge in [-0.2, -0.15) is 4.68 Å². The molecule has 0 saturated heterocycles. The number of para-hydroxylation sites is 2. The van der Waals surface area contributed by atoms with Gasteiger partial charge < -0.3 is 10.3 Å². The summed E-state index contributed by atoms with van der Waals surface area (Å²) >= 11 is 6.38. The molecule has 0 saturated carbocycles. The van der Waals surface area contributed by atoms with E-state index in [-0.39, 0.29) is 11.9 Å². The molecule has 146 valence electrons. The lowest BCUT2D eigenvalue weighted by Crippen LogP contribution is -2.31. The number of aromatic nitrogens is 5. The van der Waals surface area contributed by atoms with Crippen LogP contribution in [0.15, 0.2) is 42.5 Å². The van der Waals surface area contributed by atoms with Crippen LogP contribution in [0.3, 0.4) is 0 Å². The molecule has 8 heteroatoms. The highest BCUT2D eigenvalue weighted by molar-refractivity contribution is 6.35. The van der Waals surface area contributed by atoms with Crippen LogP contribution in [-0.4, -0.2) is 31.1 Å². The molecule has 0 spiro atoms. The van der Waals surface area contributed by atoms with Crippen molar-refractivity contribution in [3.63, 3.8) is 0 Å². The van der Waals surface area contributed by atoms with E-state index in [0.29, 0.717) is 22.1 Å². The molecule has 1 aliphatic rings. The first kappa shape index (κ1) is 17.9. The molecule has 0 fully saturated rings. The number of aryl methyl sites for hydroxylation is 2.